The second-order valence-electron chi connectivity index (χ2n) is 34.3. The Morgan fingerprint density at radius 1 is 0.378 bits per heavy atom. The van der Waals surface area contributed by atoms with Crippen molar-refractivity contribution in [2.75, 3.05) is 109 Å². The molecule has 4 fully saturated rings. The molecule has 20 rings (SSSR count). The minimum atomic E-state index is -0.454. The summed E-state index contributed by atoms with van der Waals surface area (Å²) in [6.07, 6.45) is 12.7. The van der Waals surface area contributed by atoms with Crippen molar-refractivity contribution in [3.05, 3.63) is 207 Å². The molecule has 0 unspecified atom stereocenters. The van der Waals surface area contributed by atoms with Crippen LogP contribution in [0.1, 0.15) is 151 Å². The van der Waals surface area contributed by atoms with Gasteiger partial charge in [-0.2, -0.15) is 0 Å². The molecule has 4 aliphatic rings. The van der Waals surface area contributed by atoms with Gasteiger partial charge in [0.1, 0.15) is 46.0 Å². The van der Waals surface area contributed by atoms with E-state index in [9.17, 15) is 48.6 Å². The zero-order valence-corrected chi connectivity index (χ0v) is 83.4. The predicted octanol–water partition coefficient (Wildman–Crippen LogP) is 20.9. The second kappa shape index (κ2) is 40.1. The first-order valence-corrected chi connectivity index (χ1v) is 50.7. The number of aromatic nitrogens is 4. The van der Waals surface area contributed by atoms with Crippen LogP contribution in [0.2, 0.25) is 0 Å². The summed E-state index contributed by atoms with van der Waals surface area (Å²) in [6.45, 7) is 13.7. The van der Waals surface area contributed by atoms with Crippen molar-refractivity contribution >= 4 is 219 Å². The highest BCUT2D eigenvalue weighted by Crippen LogP contribution is 2.46. The first-order valence-electron chi connectivity index (χ1n) is 44.2. The molecule has 4 aliphatic heterocycles. The Morgan fingerprint density at radius 3 is 0.956 bits per heavy atom. The average Bonchev–Trinajstić information content (AvgIpc) is 1.64. The largest absolute Gasteiger partial charge is 0.456 e. The maximum absolute atomic E-state index is 13.2. The Hall–Kier alpha value is -12.0. The van der Waals surface area contributed by atoms with Crippen LogP contribution in [0.15, 0.2) is 146 Å². The van der Waals surface area contributed by atoms with Crippen molar-refractivity contribution in [3.63, 3.8) is 0 Å². The topological polar surface area (TPSA) is 301 Å². The summed E-state index contributed by atoms with van der Waals surface area (Å²) in [5.74, 6) is 5.20. The third kappa shape index (κ3) is 19.5. The van der Waals surface area contributed by atoms with Gasteiger partial charge in [-0.3, -0.25) is 58.3 Å². The fourth-order valence-electron chi connectivity index (χ4n) is 17.4. The molecule has 8 amide bonds. The highest BCUT2D eigenvalue weighted by atomic mass is 32.1. The molecule has 35 heteroatoms. The number of β-amino-alcohol motifs (C(OH)–C–C–N with tert-alkyl or cyclic N) is 1. The van der Waals surface area contributed by atoms with Crippen molar-refractivity contribution in [2.24, 2.45) is 0 Å². The molecule has 0 bridgehead atoms. The summed E-state index contributed by atoms with van der Waals surface area (Å²) in [4.78, 5) is 140. The van der Waals surface area contributed by atoms with Crippen LogP contribution in [-0.4, -0.2) is 250 Å². The zero-order valence-electron chi connectivity index (χ0n) is 76.9. The number of rotatable bonds is 19. The second-order valence-corrected chi connectivity index (χ2v) is 43.5. The van der Waals surface area contributed by atoms with Crippen molar-refractivity contribution in [1.29, 1.82) is 0 Å². The van der Waals surface area contributed by atoms with E-state index >= 15 is 0 Å². The first kappa shape index (κ1) is 94.8. The number of aliphatic hydroxyl groups is 2. The molecule has 12 aromatic heterocycles. The zero-order chi connectivity index (χ0) is 95.2. The number of likely N-dealkylation sites (tertiary alicyclic amines) is 4. The lowest BCUT2D eigenvalue weighted by Crippen LogP contribution is -2.37. The van der Waals surface area contributed by atoms with Gasteiger partial charge in [0.15, 0.2) is 0 Å². The van der Waals surface area contributed by atoms with Gasteiger partial charge >= 0.3 is 0 Å². The number of carbonyl (C=O) groups is 8. The quantitative estimate of drug-likeness (QED) is 0.0760. The molecular weight excluding hydrogens is 1870 g/mol. The van der Waals surface area contributed by atoms with Crippen LogP contribution in [-0.2, 0) is 4.74 Å². The fourth-order valence-corrected chi connectivity index (χ4v) is 25.8. The summed E-state index contributed by atoms with van der Waals surface area (Å²) in [5, 5.41) is 23.0. The number of thiophene rings is 8. The van der Waals surface area contributed by atoms with Gasteiger partial charge < -0.3 is 73.1 Å². The lowest BCUT2D eigenvalue weighted by Gasteiger charge is -2.22. The predicted molar refractivity (Wildman–Crippen MR) is 540 cm³/mol. The van der Waals surface area contributed by atoms with Gasteiger partial charge in [-0.15, -0.1) is 90.7 Å². The Kier molecular flexibility index (Phi) is 28.2. The van der Waals surface area contributed by atoms with Gasteiger partial charge in [0.2, 0.25) is 0 Å². The third-order valence-corrected chi connectivity index (χ3v) is 33.0. The molecule has 698 valence electrons. The summed E-state index contributed by atoms with van der Waals surface area (Å²) < 4.78 is 37.6. The highest BCUT2D eigenvalue weighted by Gasteiger charge is 2.35. The number of hydrogen-bond acceptors (Lipinski definition) is 27. The molecule has 4 atom stereocenters. The summed E-state index contributed by atoms with van der Waals surface area (Å²) in [5.41, 5.74) is 5.85. The van der Waals surface area contributed by atoms with Crippen LogP contribution in [0.3, 0.4) is 0 Å². The van der Waals surface area contributed by atoms with Crippen molar-refractivity contribution in [1.82, 2.24) is 59.1 Å². The summed E-state index contributed by atoms with van der Waals surface area (Å²) in [6, 6.07) is 37.8. The number of carbonyl (C=O) groups excluding carboxylic acids is 8. The maximum Gasteiger partial charge on any atom is 0.264 e. The normalized spacial score (nSPS) is 15.9. The van der Waals surface area contributed by atoms with E-state index in [0.29, 0.717) is 122 Å². The number of ether oxygens (including phenoxy) is 5. The molecule has 16 heterocycles. The Morgan fingerprint density at radius 2 is 0.674 bits per heavy atom. The standard InChI is InChI=1S/C26H27N3O3S2.2C25H25N3O4S2.C24H23N3O4S2/c1-5-16-7-6-12-29(16)25(30)22-14-19-24(34-22)20(10-11-27-19)32-17-8-9-18-21(13-17)33-15(2)23(18)26(31)28(3)4;1-14-22(25(30)27(2)3)17-6-5-15(11-20(17)33-14)32-19-7-9-26-18-12-21(34-23(18)19)24(29)28-10-8-16(13-28)31-4;1-14-22(25(31)27(2)3)17-7-6-16(11-20(17)33-14)32-19-8-9-26-18-12-21(34-23(18)19)24(30)28-10-4-5-15(28)13-29;1-13-21(24(30)26(2)3)16-5-4-15(10-19(16)32-13)31-18-6-8-25-17-11-20(33-22(17)18)23(29)27-9-7-14(28)12-27/h8-11,13-14,16H,5-7,12H2,1-4H3;5-7,9,11-12,16H,8,10,13H2,1-4H3;6-9,11-12,15,29H,4-5,10,13H2,1-3H3;4-6,8,10-11,14,28H,7,9,12H2,1-3H3/t2*16-;15-;14-/m1101/s1. The Labute approximate surface area is 810 Å². The molecule has 27 nitrogen and oxygen atoms in total. The number of aliphatic hydroxyl groups excluding tert-OH is 2. The van der Waals surface area contributed by atoms with Gasteiger partial charge in [0.05, 0.1) is 107 Å². The van der Waals surface area contributed by atoms with Gasteiger partial charge in [0.25, 0.3) is 47.3 Å². The SMILES string of the molecule is CC[C@@H]1CCCN1C(=O)c1cc2nccc(Oc3ccc4c(C(=O)N(C)C)c(C)sc4c3)c2s1.CO[C@@H]1CCN(C(=O)c2cc3nccc(Oc4ccc5c(C(=O)N(C)C)c(C)sc5c4)c3s2)C1.Cc1sc2cc(Oc3ccnc4cc(C(=O)N5CCC[C@H]5CO)sc34)ccc2c1C(=O)N(C)C.Cc1sc2cc(Oc3ccnc4cc(C(=O)N5CC[C@@H](O)C5)sc34)ccc2c1C(=O)N(C)C. The van der Waals surface area contributed by atoms with Crippen LogP contribution in [0, 0.1) is 27.7 Å². The lowest BCUT2D eigenvalue weighted by molar-refractivity contribution is 0.0680. The van der Waals surface area contributed by atoms with E-state index in [4.69, 9.17) is 23.7 Å². The van der Waals surface area contributed by atoms with Crippen molar-refractivity contribution in [3.8, 4) is 46.0 Å². The van der Waals surface area contributed by atoms with E-state index in [1.54, 1.807) is 187 Å². The first-order chi connectivity index (χ1) is 64.9. The molecular formula is C100H100N12O15S8. The number of methoxy groups -OCH3 is 1. The average molecular weight is 1970 g/mol. The minimum absolute atomic E-state index is 0.00105. The molecule has 0 spiro atoms. The number of hydrogen-bond donors (Lipinski definition) is 2. The van der Waals surface area contributed by atoms with Gasteiger partial charge in [-0.1, -0.05) is 6.92 Å². The van der Waals surface area contributed by atoms with Crippen molar-refractivity contribution in [2.45, 2.75) is 104 Å². The van der Waals surface area contributed by atoms with Gasteiger partial charge in [0, 0.05) is 218 Å². The van der Waals surface area contributed by atoms with Crippen LogP contribution >= 0.6 is 90.7 Å². The fraction of sp³-hybridized carbons (Fsp3) is 0.320. The monoisotopic (exact) mass is 1960 g/mol. The third-order valence-electron chi connectivity index (χ3n) is 24.3. The molecule has 4 saturated heterocycles. The Bertz CT molecular complexity index is 7110. The summed E-state index contributed by atoms with van der Waals surface area (Å²) in [7, 11) is 15.8. The van der Waals surface area contributed by atoms with E-state index in [0.717, 1.165) is 157 Å². The van der Waals surface area contributed by atoms with Crippen LogP contribution < -0.4 is 18.9 Å². The van der Waals surface area contributed by atoms with Crippen LogP contribution in [0.5, 0.6) is 46.0 Å². The van der Waals surface area contributed by atoms with Crippen molar-refractivity contribution < 1.29 is 72.3 Å². The number of benzene rings is 4. The van der Waals surface area contributed by atoms with E-state index < -0.39 is 6.10 Å². The van der Waals surface area contributed by atoms with E-state index in [1.807, 2.05) is 135 Å². The van der Waals surface area contributed by atoms with E-state index in [-0.39, 0.29) is 66.0 Å². The van der Waals surface area contributed by atoms with Gasteiger partial charge in [-0.25, -0.2) is 0 Å². The molecule has 2 N–H and O–H groups in total. The van der Waals surface area contributed by atoms with E-state index in [2.05, 4.69) is 26.9 Å². The minimum Gasteiger partial charge on any atom is -0.456 e. The lowest BCUT2D eigenvalue weighted by atomic mass is 10.1. The smallest absolute Gasteiger partial charge is 0.264 e. The molecule has 135 heavy (non-hydrogen) atoms. The highest BCUT2D eigenvalue weighted by molar-refractivity contribution is 7.23. The summed E-state index contributed by atoms with van der Waals surface area (Å²) >= 11 is 11.9. The molecule has 16 aromatic rings. The number of aryl methyl sites for hydroxylation is 4. The number of nitrogens with zero attached hydrogens (tertiary/aromatic N) is 12. The molecule has 0 radical (unpaired) electrons. The number of pyridine rings is 4. The van der Waals surface area contributed by atoms with E-state index in [1.165, 1.54) is 45.3 Å². The molecule has 4 aromatic carbocycles. The van der Waals surface area contributed by atoms with Crippen LogP contribution in [0.4, 0.5) is 0 Å². The molecule has 0 saturated carbocycles. The molecule has 0 aliphatic carbocycles. The number of fused-ring (bicyclic) bond motifs is 8. The number of amides is 8. The maximum atomic E-state index is 13.2. The van der Waals surface area contributed by atoms with Crippen LogP contribution in [0.25, 0.3) is 81.2 Å². The van der Waals surface area contributed by atoms with Gasteiger partial charge in [-0.05, 0) is 170 Å². The Balaban J connectivity index is 0.000000125.